The number of methoxy groups -OCH3 is 1. The van der Waals surface area contributed by atoms with E-state index in [4.69, 9.17) is 9.15 Å². The molecule has 35 heavy (non-hydrogen) atoms. The van der Waals surface area contributed by atoms with E-state index in [1.54, 1.807) is 19.4 Å². The molecule has 0 unspecified atom stereocenters. The molecule has 9 heteroatoms. The Labute approximate surface area is 206 Å². The summed E-state index contributed by atoms with van der Waals surface area (Å²) in [6.45, 7) is 3.49. The molecule has 0 saturated carbocycles. The van der Waals surface area contributed by atoms with E-state index >= 15 is 0 Å². The minimum absolute atomic E-state index is 0.0882. The van der Waals surface area contributed by atoms with Crippen LogP contribution < -0.4 is 9.64 Å². The van der Waals surface area contributed by atoms with Crippen molar-refractivity contribution >= 4 is 22.0 Å². The SMILES string of the molecule is COc1ccc(N2CCN([C@@H](c3ccccc3)c3sc4nc(-c5ccco5)nn4c3O)CC2)cc1. The molecule has 4 heterocycles. The zero-order chi connectivity index (χ0) is 23.8. The van der Waals surface area contributed by atoms with Crippen molar-refractivity contribution in [2.24, 2.45) is 0 Å². The van der Waals surface area contributed by atoms with E-state index in [-0.39, 0.29) is 11.9 Å². The van der Waals surface area contributed by atoms with Crippen LogP contribution in [0.2, 0.25) is 0 Å². The summed E-state index contributed by atoms with van der Waals surface area (Å²) in [5, 5.41) is 15.7. The van der Waals surface area contributed by atoms with Crippen LogP contribution in [0, 0.1) is 0 Å². The molecule has 5 aromatic rings. The minimum Gasteiger partial charge on any atom is -0.497 e. The topological polar surface area (TPSA) is 79.3 Å². The number of ether oxygens (including phenoxy) is 1. The van der Waals surface area contributed by atoms with E-state index in [0.29, 0.717) is 16.5 Å². The summed E-state index contributed by atoms with van der Waals surface area (Å²) in [6, 6.07) is 22.0. The van der Waals surface area contributed by atoms with Crippen molar-refractivity contribution in [2.75, 3.05) is 38.2 Å². The monoisotopic (exact) mass is 487 g/mol. The van der Waals surface area contributed by atoms with Gasteiger partial charge in [-0.1, -0.05) is 41.7 Å². The van der Waals surface area contributed by atoms with Crippen LogP contribution in [-0.4, -0.2) is 57.9 Å². The Bertz CT molecular complexity index is 1410. The fraction of sp³-hybridized carbons (Fsp3) is 0.231. The Hall–Kier alpha value is -3.82. The summed E-state index contributed by atoms with van der Waals surface area (Å²) in [6.07, 6.45) is 1.59. The fourth-order valence-electron chi connectivity index (χ4n) is 4.63. The molecule has 1 N–H and O–H groups in total. The summed E-state index contributed by atoms with van der Waals surface area (Å²) in [5.74, 6) is 2.03. The molecule has 1 aliphatic heterocycles. The van der Waals surface area contributed by atoms with Crippen LogP contribution in [0.4, 0.5) is 5.69 Å². The van der Waals surface area contributed by atoms with Crippen LogP contribution in [0.25, 0.3) is 16.5 Å². The molecule has 6 rings (SSSR count). The highest BCUT2D eigenvalue weighted by molar-refractivity contribution is 7.17. The van der Waals surface area contributed by atoms with Crippen molar-refractivity contribution in [1.29, 1.82) is 0 Å². The van der Waals surface area contributed by atoms with Crippen molar-refractivity contribution in [3.05, 3.63) is 83.4 Å². The maximum Gasteiger partial charge on any atom is 0.230 e. The standard InChI is InChI=1S/C26H25N5O3S/c1-33-20-11-9-19(10-12-20)29-13-15-30(16-14-29)22(18-6-3-2-4-7-18)23-25(32)31-26(35-23)27-24(28-31)21-8-5-17-34-21/h2-12,17,22,32H,13-16H2,1H3/t22-/m0/s1. The first-order valence-electron chi connectivity index (χ1n) is 11.5. The molecular formula is C26H25N5O3S. The van der Waals surface area contributed by atoms with Gasteiger partial charge in [0, 0.05) is 31.9 Å². The number of nitrogens with zero attached hydrogens (tertiary/aromatic N) is 5. The lowest BCUT2D eigenvalue weighted by Crippen LogP contribution is -2.47. The lowest BCUT2D eigenvalue weighted by molar-refractivity contribution is 0.211. The molecule has 1 aliphatic rings. The van der Waals surface area contributed by atoms with Crippen LogP contribution in [-0.2, 0) is 0 Å². The van der Waals surface area contributed by atoms with Crippen molar-refractivity contribution in [3.8, 4) is 23.2 Å². The molecule has 1 fully saturated rings. The van der Waals surface area contributed by atoms with E-state index in [0.717, 1.165) is 42.4 Å². The van der Waals surface area contributed by atoms with Crippen molar-refractivity contribution in [3.63, 3.8) is 0 Å². The van der Waals surface area contributed by atoms with E-state index in [9.17, 15) is 5.11 Å². The van der Waals surface area contributed by atoms with Crippen molar-refractivity contribution in [2.45, 2.75) is 6.04 Å². The zero-order valence-corrected chi connectivity index (χ0v) is 20.1. The number of furan rings is 1. The van der Waals surface area contributed by atoms with Crippen LogP contribution >= 0.6 is 11.3 Å². The Morgan fingerprint density at radius 3 is 2.40 bits per heavy atom. The summed E-state index contributed by atoms with van der Waals surface area (Å²) in [4.78, 5) is 10.9. The Kier molecular flexibility index (Phi) is 5.63. The molecular weight excluding hydrogens is 462 g/mol. The Morgan fingerprint density at radius 1 is 0.971 bits per heavy atom. The third kappa shape index (κ3) is 4.02. The highest BCUT2D eigenvalue weighted by Crippen LogP contribution is 2.41. The van der Waals surface area contributed by atoms with Crippen LogP contribution in [0.3, 0.4) is 0 Å². The van der Waals surface area contributed by atoms with Crippen LogP contribution in [0.15, 0.2) is 77.4 Å². The predicted octanol–water partition coefficient (Wildman–Crippen LogP) is 4.68. The minimum atomic E-state index is -0.0882. The quantitative estimate of drug-likeness (QED) is 0.373. The van der Waals surface area contributed by atoms with E-state index in [1.807, 2.05) is 36.4 Å². The third-order valence-electron chi connectivity index (χ3n) is 6.42. The molecule has 8 nitrogen and oxygen atoms in total. The first kappa shape index (κ1) is 21.7. The molecule has 0 aliphatic carbocycles. The summed E-state index contributed by atoms with van der Waals surface area (Å²) >= 11 is 1.47. The van der Waals surface area contributed by atoms with Gasteiger partial charge < -0.3 is 19.2 Å². The first-order chi connectivity index (χ1) is 17.2. The number of rotatable bonds is 6. The number of benzene rings is 2. The lowest BCUT2D eigenvalue weighted by atomic mass is 10.0. The molecule has 0 spiro atoms. The average Bonchev–Trinajstić information content (AvgIpc) is 3.65. The maximum atomic E-state index is 11.2. The second-order valence-electron chi connectivity index (χ2n) is 8.43. The van der Waals surface area contributed by atoms with Crippen LogP contribution in [0.1, 0.15) is 16.5 Å². The predicted molar refractivity (Wildman–Crippen MR) is 135 cm³/mol. The number of aromatic nitrogens is 3. The van der Waals surface area contributed by atoms with Gasteiger partial charge in [-0.2, -0.15) is 9.50 Å². The molecule has 2 aromatic carbocycles. The Balaban J connectivity index is 1.29. The first-order valence-corrected chi connectivity index (χ1v) is 12.3. The number of hydrogen-bond donors (Lipinski definition) is 1. The highest BCUT2D eigenvalue weighted by atomic mass is 32.1. The molecule has 178 valence electrons. The number of piperazine rings is 1. The van der Waals surface area contributed by atoms with Gasteiger partial charge >= 0.3 is 0 Å². The number of hydrogen-bond acceptors (Lipinski definition) is 8. The molecule has 3 aromatic heterocycles. The average molecular weight is 488 g/mol. The number of fused-ring (bicyclic) bond motifs is 1. The van der Waals surface area contributed by atoms with E-state index in [2.05, 4.69) is 44.1 Å². The second kappa shape index (κ2) is 9.09. The fourth-order valence-corrected chi connectivity index (χ4v) is 5.75. The van der Waals surface area contributed by atoms with Crippen molar-refractivity contribution < 1.29 is 14.3 Å². The maximum absolute atomic E-state index is 11.2. The number of aromatic hydroxyl groups is 1. The van der Waals surface area contributed by atoms with Gasteiger partial charge in [0.2, 0.25) is 16.7 Å². The summed E-state index contributed by atoms with van der Waals surface area (Å²) < 4.78 is 12.2. The summed E-state index contributed by atoms with van der Waals surface area (Å²) in [5.41, 5.74) is 2.32. The molecule has 0 amide bonds. The van der Waals surface area contributed by atoms with E-state index in [1.165, 1.54) is 21.5 Å². The van der Waals surface area contributed by atoms with Gasteiger partial charge in [0.1, 0.15) is 5.75 Å². The molecule has 0 radical (unpaired) electrons. The van der Waals surface area contributed by atoms with Gasteiger partial charge in [0.25, 0.3) is 0 Å². The van der Waals surface area contributed by atoms with Gasteiger partial charge in [-0.25, -0.2) is 0 Å². The van der Waals surface area contributed by atoms with E-state index < -0.39 is 0 Å². The second-order valence-corrected chi connectivity index (χ2v) is 9.44. The third-order valence-corrected chi connectivity index (χ3v) is 7.49. The molecule has 1 saturated heterocycles. The van der Waals surface area contributed by atoms with Gasteiger partial charge in [0.05, 0.1) is 24.3 Å². The number of thiazole rings is 1. The molecule has 0 bridgehead atoms. The largest absolute Gasteiger partial charge is 0.497 e. The number of anilines is 1. The van der Waals surface area contributed by atoms with Gasteiger partial charge in [-0.15, -0.1) is 5.10 Å². The Morgan fingerprint density at radius 2 is 1.74 bits per heavy atom. The summed E-state index contributed by atoms with van der Waals surface area (Å²) in [7, 11) is 1.68. The van der Waals surface area contributed by atoms with Crippen molar-refractivity contribution in [1.82, 2.24) is 19.5 Å². The van der Waals surface area contributed by atoms with Gasteiger partial charge in [-0.05, 0) is 42.0 Å². The van der Waals surface area contributed by atoms with Crippen LogP contribution in [0.5, 0.6) is 11.6 Å². The normalized spacial score (nSPS) is 15.5. The lowest BCUT2D eigenvalue weighted by Gasteiger charge is -2.40. The zero-order valence-electron chi connectivity index (χ0n) is 19.2. The van der Waals surface area contributed by atoms with Gasteiger partial charge in [-0.3, -0.25) is 4.90 Å². The highest BCUT2D eigenvalue weighted by Gasteiger charge is 2.32. The molecule has 1 atom stereocenters. The smallest absolute Gasteiger partial charge is 0.230 e. The van der Waals surface area contributed by atoms with Gasteiger partial charge in [0.15, 0.2) is 5.76 Å².